The van der Waals surface area contributed by atoms with Crippen LogP contribution in [0.3, 0.4) is 0 Å². The molecule has 29 heavy (non-hydrogen) atoms. The Kier molecular flexibility index (Phi) is 4.94. The first-order valence-corrected chi connectivity index (χ1v) is 9.94. The standard InChI is InChI=1S/C23H19NO4S/c1-14-5-3-6-15(13-14)20-19(21(25)18-7-4-12-29-18)22(26)23(27)24(20)16-8-10-17(28-2)11-9-16/h3-13,20,26H,1-2H3. The molecular formula is C23H19NO4S. The number of thiophene rings is 1. The second-order valence-corrected chi connectivity index (χ2v) is 7.71. The second kappa shape index (κ2) is 7.56. The van der Waals surface area contributed by atoms with Crippen molar-refractivity contribution >= 4 is 28.7 Å². The molecule has 3 aromatic rings. The number of aryl methyl sites for hydroxylation is 1. The van der Waals surface area contributed by atoms with Crippen LogP contribution >= 0.6 is 11.3 Å². The van der Waals surface area contributed by atoms with Crippen LogP contribution in [0.25, 0.3) is 0 Å². The minimum atomic E-state index is -0.717. The van der Waals surface area contributed by atoms with Gasteiger partial charge in [0.05, 0.1) is 23.6 Å². The molecule has 0 saturated carbocycles. The number of ketones is 1. The summed E-state index contributed by atoms with van der Waals surface area (Å²) in [5.41, 5.74) is 2.43. The maximum atomic E-state index is 13.2. The fourth-order valence-corrected chi connectivity index (χ4v) is 4.22. The zero-order chi connectivity index (χ0) is 20.5. The summed E-state index contributed by atoms with van der Waals surface area (Å²) in [7, 11) is 1.57. The van der Waals surface area contributed by atoms with Crippen molar-refractivity contribution in [2.45, 2.75) is 13.0 Å². The lowest BCUT2D eigenvalue weighted by Gasteiger charge is -2.27. The van der Waals surface area contributed by atoms with Gasteiger partial charge in [-0.1, -0.05) is 35.9 Å². The predicted octanol–water partition coefficient (Wildman–Crippen LogP) is 4.85. The molecule has 4 rings (SSSR count). The van der Waals surface area contributed by atoms with E-state index in [1.54, 1.807) is 48.9 Å². The minimum Gasteiger partial charge on any atom is -0.503 e. The van der Waals surface area contributed by atoms with E-state index in [2.05, 4.69) is 0 Å². The molecule has 0 aliphatic carbocycles. The third-order valence-corrected chi connectivity index (χ3v) is 5.77. The quantitative estimate of drug-likeness (QED) is 0.617. The van der Waals surface area contributed by atoms with Crippen LogP contribution in [0.4, 0.5) is 5.69 Å². The summed E-state index contributed by atoms with van der Waals surface area (Å²) in [5, 5.41) is 12.5. The largest absolute Gasteiger partial charge is 0.503 e. The zero-order valence-corrected chi connectivity index (χ0v) is 16.8. The predicted molar refractivity (Wildman–Crippen MR) is 113 cm³/mol. The number of aliphatic hydroxyl groups excluding tert-OH is 1. The first-order valence-electron chi connectivity index (χ1n) is 9.06. The van der Waals surface area contributed by atoms with E-state index < -0.39 is 17.7 Å². The number of carbonyl (C=O) groups excluding carboxylic acids is 2. The first-order chi connectivity index (χ1) is 14.0. The number of hydrogen-bond donors (Lipinski definition) is 1. The number of carbonyl (C=O) groups is 2. The number of Topliss-reactive ketones (excluding diaryl/α,β-unsaturated/α-hetero) is 1. The molecule has 0 radical (unpaired) electrons. The third-order valence-electron chi connectivity index (χ3n) is 4.91. The highest BCUT2D eigenvalue weighted by atomic mass is 32.1. The zero-order valence-electron chi connectivity index (χ0n) is 16.0. The molecule has 0 bridgehead atoms. The van der Waals surface area contributed by atoms with Crippen molar-refractivity contribution in [3.63, 3.8) is 0 Å². The van der Waals surface area contributed by atoms with Crippen molar-refractivity contribution in [1.29, 1.82) is 0 Å². The molecule has 5 nitrogen and oxygen atoms in total. The molecule has 0 spiro atoms. The fourth-order valence-electron chi connectivity index (χ4n) is 3.54. The van der Waals surface area contributed by atoms with Gasteiger partial charge >= 0.3 is 0 Å². The van der Waals surface area contributed by atoms with Gasteiger partial charge in [-0.15, -0.1) is 11.3 Å². The van der Waals surface area contributed by atoms with Crippen molar-refractivity contribution < 1.29 is 19.4 Å². The highest BCUT2D eigenvalue weighted by Gasteiger charge is 2.44. The Labute approximate surface area is 172 Å². The lowest BCUT2D eigenvalue weighted by Crippen LogP contribution is -2.31. The Morgan fingerprint density at radius 3 is 2.48 bits per heavy atom. The van der Waals surface area contributed by atoms with E-state index in [4.69, 9.17) is 4.74 Å². The smallest absolute Gasteiger partial charge is 0.294 e. The molecule has 1 atom stereocenters. The number of nitrogens with zero attached hydrogens (tertiary/aromatic N) is 1. The molecule has 1 unspecified atom stereocenters. The van der Waals surface area contributed by atoms with Gasteiger partial charge in [-0.25, -0.2) is 0 Å². The highest BCUT2D eigenvalue weighted by molar-refractivity contribution is 7.12. The number of ether oxygens (including phenoxy) is 1. The van der Waals surface area contributed by atoms with Gasteiger partial charge in [0.15, 0.2) is 5.76 Å². The lowest BCUT2D eigenvalue weighted by molar-refractivity contribution is -0.117. The van der Waals surface area contributed by atoms with Gasteiger partial charge in [0.25, 0.3) is 5.91 Å². The maximum Gasteiger partial charge on any atom is 0.294 e. The van der Waals surface area contributed by atoms with Crippen molar-refractivity contribution in [3.05, 3.63) is 93.4 Å². The molecule has 2 aromatic carbocycles. The first kappa shape index (κ1) is 19.0. The van der Waals surface area contributed by atoms with Crippen molar-refractivity contribution in [1.82, 2.24) is 0 Å². The van der Waals surface area contributed by atoms with Gasteiger partial charge in [0, 0.05) is 5.69 Å². The van der Waals surface area contributed by atoms with Crippen LogP contribution in [0.2, 0.25) is 0 Å². The highest BCUT2D eigenvalue weighted by Crippen LogP contribution is 2.42. The van der Waals surface area contributed by atoms with E-state index in [-0.39, 0.29) is 11.4 Å². The van der Waals surface area contributed by atoms with Crippen molar-refractivity contribution in [2.24, 2.45) is 0 Å². The molecule has 1 aromatic heterocycles. The number of hydrogen-bond acceptors (Lipinski definition) is 5. The summed E-state index contributed by atoms with van der Waals surface area (Å²) in [6, 6.07) is 17.3. The van der Waals surface area contributed by atoms with Gasteiger partial charge in [-0.3, -0.25) is 14.5 Å². The van der Waals surface area contributed by atoms with Gasteiger partial charge in [-0.2, -0.15) is 0 Å². The molecule has 146 valence electrons. The number of rotatable bonds is 5. The fraction of sp³-hybridized carbons (Fsp3) is 0.130. The second-order valence-electron chi connectivity index (χ2n) is 6.76. The van der Waals surface area contributed by atoms with Crippen LogP contribution in [0, 0.1) is 6.92 Å². The Bertz CT molecular complexity index is 1100. The summed E-state index contributed by atoms with van der Waals surface area (Å²) in [5.74, 6) is -0.791. The Hall–Kier alpha value is -3.38. The maximum absolute atomic E-state index is 13.2. The number of benzene rings is 2. The number of methoxy groups -OCH3 is 1. The normalized spacial score (nSPS) is 16.4. The summed E-state index contributed by atoms with van der Waals surface area (Å²) in [6.45, 7) is 1.95. The molecule has 1 aliphatic heterocycles. The molecule has 0 fully saturated rings. The van der Waals surface area contributed by atoms with Crippen molar-refractivity contribution in [3.8, 4) is 5.75 Å². The van der Waals surface area contributed by atoms with Crippen molar-refractivity contribution in [2.75, 3.05) is 12.0 Å². The van der Waals surface area contributed by atoms with Gasteiger partial charge in [0.1, 0.15) is 5.75 Å². The molecule has 0 saturated heterocycles. The Morgan fingerprint density at radius 2 is 1.86 bits per heavy atom. The minimum absolute atomic E-state index is 0.0962. The average Bonchev–Trinajstić information content (AvgIpc) is 3.35. The van der Waals surface area contributed by atoms with Crippen LogP contribution in [-0.4, -0.2) is 23.9 Å². The summed E-state index contributed by atoms with van der Waals surface area (Å²) in [6.07, 6.45) is 0. The van der Waals surface area contributed by atoms with Crippen LogP contribution < -0.4 is 9.64 Å². The van der Waals surface area contributed by atoms with Gasteiger partial charge in [0.2, 0.25) is 5.78 Å². The number of aliphatic hydroxyl groups is 1. The van der Waals surface area contributed by atoms with E-state index >= 15 is 0 Å². The molecular weight excluding hydrogens is 386 g/mol. The molecule has 1 amide bonds. The van der Waals surface area contributed by atoms with E-state index in [9.17, 15) is 14.7 Å². The van der Waals surface area contributed by atoms with Crippen LogP contribution in [-0.2, 0) is 4.79 Å². The molecule has 2 heterocycles. The van der Waals surface area contributed by atoms with Crippen LogP contribution in [0.1, 0.15) is 26.8 Å². The molecule has 6 heteroatoms. The molecule has 1 aliphatic rings. The van der Waals surface area contributed by atoms with Crippen LogP contribution in [0.5, 0.6) is 5.75 Å². The van der Waals surface area contributed by atoms with E-state index in [1.165, 1.54) is 16.2 Å². The number of amides is 1. The monoisotopic (exact) mass is 405 g/mol. The van der Waals surface area contributed by atoms with Crippen LogP contribution in [0.15, 0.2) is 77.4 Å². The summed E-state index contributed by atoms with van der Waals surface area (Å²) >= 11 is 1.28. The lowest BCUT2D eigenvalue weighted by atomic mass is 9.94. The SMILES string of the molecule is COc1ccc(N2C(=O)C(O)=C(C(=O)c3cccs3)C2c2cccc(C)c2)cc1. The van der Waals surface area contributed by atoms with E-state index in [1.807, 2.05) is 31.2 Å². The van der Waals surface area contributed by atoms with Gasteiger partial charge in [-0.05, 0) is 48.2 Å². The van der Waals surface area contributed by atoms with Gasteiger partial charge < -0.3 is 9.84 Å². The Balaban J connectivity index is 1.87. The summed E-state index contributed by atoms with van der Waals surface area (Å²) in [4.78, 5) is 28.2. The Morgan fingerprint density at radius 1 is 1.10 bits per heavy atom. The van der Waals surface area contributed by atoms with E-state index in [0.29, 0.717) is 16.3 Å². The van der Waals surface area contributed by atoms with E-state index in [0.717, 1.165) is 11.1 Å². The molecule has 1 N–H and O–H groups in total. The topological polar surface area (TPSA) is 66.8 Å². The average molecular weight is 405 g/mol. The third kappa shape index (κ3) is 3.32. The summed E-state index contributed by atoms with van der Waals surface area (Å²) < 4.78 is 5.20. The number of anilines is 1.